The van der Waals surface area contributed by atoms with Gasteiger partial charge in [-0.3, -0.25) is 0 Å². The zero-order chi connectivity index (χ0) is 12.5. The molecule has 0 aliphatic heterocycles. The average molecular weight is 235 g/mol. The number of hydrogen-bond donors (Lipinski definition) is 3. The normalized spacial score (nSPS) is 12.6. The van der Waals surface area contributed by atoms with Crippen LogP contribution in [0.5, 0.6) is 0 Å². The van der Waals surface area contributed by atoms with Crippen LogP contribution >= 0.6 is 0 Å². The molecule has 0 radical (unpaired) electrons. The van der Waals surface area contributed by atoms with Crippen molar-refractivity contribution >= 4 is 5.97 Å². The lowest BCUT2D eigenvalue weighted by atomic mass is 10.0. The minimum Gasteiger partial charge on any atom is -0.477 e. The molecule has 7 heteroatoms. The van der Waals surface area contributed by atoms with Crippen molar-refractivity contribution in [2.24, 2.45) is 5.73 Å². The van der Waals surface area contributed by atoms with E-state index in [0.717, 1.165) is 0 Å². The topological polar surface area (TPSA) is 83.5 Å². The Bertz CT molecular complexity index is 436. The van der Waals surface area contributed by atoms with E-state index in [1.54, 1.807) is 0 Å². The third-order valence-electron chi connectivity index (χ3n) is 2.00. The number of aliphatic hydroxyl groups is 1. The van der Waals surface area contributed by atoms with Gasteiger partial charge in [0.25, 0.3) is 0 Å². The number of hydrogen-bond acceptors (Lipinski definition) is 3. The van der Waals surface area contributed by atoms with Gasteiger partial charge in [-0.05, 0) is 6.07 Å². The summed E-state index contributed by atoms with van der Waals surface area (Å²) in [6.45, 7) is -0.720. The maximum Gasteiger partial charge on any atom is 0.341 e. The maximum absolute atomic E-state index is 13.2. The SMILES string of the molecule is NC(CO)c1cc(F)c(C(=O)O)c(F)c1F. The lowest BCUT2D eigenvalue weighted by Gasteiger charge is -2.11. The molecule has 1 unspecified atom stereocenters. The Morgan fingerprint density at radius 1 is 1.38 bits per heavy atom. The van der Waals surface area contributed by atoms with E-state index < -0.39 is 47.2 Å². The van der Waals surface area contributed by atoms with E-state index in [0.29, 0.717) is 6.07 Å². The minimum atomic E-state index is -1.92. The van der Waals surface area contributed by atoms with Crippen molar-refractivity contribution < 1.29 is 28.2 Å². The predicted molar refractivity (Wildman–Crippen MR) is 47.3 cm³/mol. The van der Waals surface area contributed by atoms with Crippen molar-refractivity contribution in [1.29, 1.82) is 0 Å². The van der Waals surface area contributed by atoms with Gasteiger partial charge in [0.05, 0.1) is 12.6 Å². The van der Waals surface area contributed by atoms with Gasteiger partial charge < -0.3 is 15.9 Å². The second-order valence-electron chi connectivity index (χ2n) is 3.04. The summed E-state index contributed by atoms with van der Waals surface area (Å²) in [5.74, 6) is -6.75. The third kappa shape index (κ3) is 2.00. The van der Waals surface area contributed by atoms with Crippen molar-refractivity contribution in [2.45, 2.75) is 6.04 Å². The monoisotopic (exact) mass is 235 g/mol. The Hall–Kier alpha value is -1.60. The fourth-order valence-corrected chi connectivity index (χ4v) is 1.18. The van der Waals surface area contributed by atoms with Crippen LogP contribution in [0, 0.1) is 17.5 Å². The summed E-state index contributed by atoms with van der Waals surface area (Å²) in [7, 11) is 0. The molecule has 88 valence electrons. The largest absolute Gasteiger partial charge is 0.477 e. The summed E-state index contributed by atoms with van der Waals surface area (Å²) in [6.07, 6.45) is 0. The number of carboxylic acids is 1. The highest BCUT2D eigenvalue weighted by Gasteiger charge is 2.25. The van der Waals surface area contributed by atoms with E-state index in [2.05, 4.69) is 0 Å². The molecule has 0 saturated carbocycles. The number of benzene rings is 1. The Morgan fingerprint density at radius 3 is 2.38 bits per heavy atom. The number of aromatic carboxylic acids is 1. The first-order valence-corrected chi connectivity index (χ1v) is 4.17. The lowest BCUT2D eigenvalue weighted by molar-refractivity contribution is 0.0685. The van der Waals surface area contributed by atoms with Crippen LogP contribution in [0.4, 0.5) is 13.2 Å². The van der Waals surface area contributed by atoms with Gasteiger partial charge in [-0.1, -0.05) is 0 Å². The van der Waals surface area contributed by atoms with Gasteiger partial charge in [0, 0.05) is 5.56 Å². The van der Waals surface area contributed by atoms with E-state index in [1.807, 2.05) is 0 Å². The fourth-order valence-electron chi connectivity index (χ4n) is 1.18. The second-order valence-corrected chi connectivity index (χ2v) is 3.04. The van der Waals surface area contributed by atoms with Crippen LogP contribution < -0.4 is 5.73 Å². The van der Waals surface area contributed by atoms with Crippen LogP contribution in [-0.2, 0) is 0 Å². The van der Waals surface area contributed by atoms with E-state index in [4.69, 9.17) is 15.9 Å². The Kier molecular flexibility index (Phi) is 3.51. The highest BCUT2D eigenvalue weighted by Crippen LogP contribution is 2.23. The minimum absolute atomic E-state index is 0.461. The summed E-state index contributed by atoms with van der Waals surface area (Å²) < 4.78 is 39.5. The Morgan fingerprint density at radius 2 is 1.94 bits per heavy atom. The molecular formula is C9H8F3NO3. The summed E-state index contributed by atoms with van der Waals surface area (Å²) in [6, 6.07) is -0.852. The molecule has 0 aromatic heterocycles. The fraction of sp³-hybridized carbons (Fsp3) is 0.222. The number of rotatable bonds is 3. The van der Waals surface area contributed by atoms with Crippen molar-refractivity contribution in [3.8, 4) is 0 Å². The lowest BCUT2D eigenvalue weighted by Crippen LogP contribution is -2.19. The van der Waals surface area contributed by atoms with Gasteiger partial charge in [-0.2, -0.15) is 0 Å². The molecule has 4 nitrogen and oxygen atoms in total. The second kappa shape index (κ2) is 4.50. The van der Waals surface area contributed by atoms with Crippen LogP contribution in [0.3, 0.4) is 0 Å². The smallest absolute Gasteiger partial charge is 0.341 e. The molecule has 0 amide bonds. The van der Waals surface area contributed by atoms with Gasteiger partial charge in [0.1, 0.15) is 11.4 Å². The number of halogens is 3. The predicted octanol–water partition coefficient (Wildman–Crippen LogP) is 0.794. The van der Waals surface area contributed by atoms with Crippen LogP contribution in [0.1, 0.15) is 22.0 Å². The molecule has 1 aromatic rings. The molecule has 0 aliphatic carbocycles. The molecule has 16 heavy (non-hydrogen) atoms. The number of aliphatic hydroxyl groups excluding tert-OH is 1. The molecule has 0 heterocycles. The third-order valence-corrected chi connectivity index (χ3v) is 2.00. The van der Waals surface area contributed by atoms with E-state index >= 15 is 0 Å². The molecule has 1 atom stereocenters. The molecule has 1 aromatic carbocycles. The van der Waals surface area contributed by atoms with E-state index in [9.17, 15) is 18.0 Å². The molecular weight excluding hydrogens is 227 g/mol. The van der Waals surface area contributed by atoms with Crippen LogP contribution in [0.15, 0.2) is 6.07 Å². The van der Waals surface area contributed by atoms with Gasteiger partial charge in [0.2, 0.25) is 0 Å². The van der Waals surface area contributed by atoms with Gasteiger partial charge in [-0.15, -0.1) is 0 Å². The van der Waals surface area contributed by atoms with E-state index in [1.165, 1.54) is 0 Å². The Balaban J connectivity index is 3.45. The van der Waals surface area contributed by atoms with Crippen LogP contribution in [0.25, 0.3) is 0 Å². The molecule has 0 spiro atoms. The first-order valence-electron chi connectivity index (χ1n) is 4.17. The zero-order valence-corrected chi connectivity index (χ0v) is 7.88. The highest BCUT2D eigenvalue weighted by atomic mass is 19.2. The number of carboxylic acid groups (broad SMARTS) is 1. The summed E-state index contributed by atoms with van der Waals surface area (Å²) >= 11 is 0. The molecule has 0 saturated heterocycles. The summed E-state index contributed by atoms with van der Waals surface area (Å²) in [4.78, 5) is 10.4. The van der Waals surface area contributed by atoms with Crippen molar-refractivity contribution in [2.75, 3.05) is 6.61 Å². The number of carbonyl (C=O) groups is 1. The van der Waals surface area contributed by atoms with Crippen molar-refractivity contribution in [3.63, 3.8) is 0 Å². The zero-order valence-electron chi connectivity index (χ0n) is 7.88. The van der Waals surface area contributed by atoms with Crippen molar-refractivity contribution in [1.82, 2.24) is 0 Å². The van der Waals surface area contributed by atoms with Gasteiger partial charge >= 0.3 is 5.97 Å². The first-order chi connectivity index (χ1) is 7.40. The Labute approximate surface area is 88.1 Å². The van der Waals surface area contributed by atoms with Gasteiger partial charge in [-0.25, -0.2) is 18.0 Å². The van der Waals surface area contributed by atoms with Crippen LogP contribution in [-0.4, -0.2) is 22.8 Å². The van der Waals surface area contributed by atoms with Gasteiger partial charge in [0.15, 0.2) is 11.6 Å². The summed E-state index contributed by atoms with van der Waals surface area (Å²) in [5, 5.41) is 17.1. The first kappa shape index (κ1) is 12.5. The highest BCUT2D eigenvalue weighted by molar-refractivity contribution is 5.88. The number of nitrogens with two attached hydrogens (primary N) is 1. The quantitative estimate of drug-likeness (QED) is 0.676. The standard InChI is InChI=1S/C9H8F3NO3/c10-4-1-3(5(13)2-14)7(11)8(12)6(4)9(15)16/h1,5,14H,2,13H2,(H,15,16). The average Bonchev–Trinajstić information content (AvgIpc) is 2.22. The summed E-state index contributed by atoms with van der Waals surface area (Å²) in [5.41, 5.74) is 3.20. The molecule has 0 aliphatic rings. The van der Waals surface area contributed by atoms with Crippen molar-refractivity contribution in [3.05, 3.63) is 34.6 Å². The molecule has 1 rings (SSSR count). The molecule has 0 bridgehead atoms. The molecule has 0 fully saturated rings. The van der Waals surface area contributed by atoms with E-state index in [-0.39, 0.29) is 0 Å². The van der Waals surface area contributed by atoms with Crippen LogP contribution in [0.2, 0.25) is 0 Å². The maximum atomic E-state index is 13.2. The molecule has 4 N–H and O–H groups in total.